The molecule has 2 saturated heterocycles. The SMILES string of the molecule is CCNc1nccc(N2CCC(CC(=O)N3CCCN(c4ncccn4)CC3)CC2)n1. The van der Waals surface area contributed by atoms with E-state index in [0.717, 1.165) is 76.8 Å². The summed E-state index contributed by atoms with van der Waals surface area (Å²) in [5.74, 6) is 3.12. The lowest BCUT2D eigenvalue weighted by Crippen LogP contribution is -2.39. The summed E-state index contributed by atoms with van der Waals surface area (Å²) in [6.07, 6.45) is 8.97. The number of anilines is 3. The van der Waals surface area contributed by atoms with Crippen LogP contribution in [0.4, 0.5) is 17.7 Å². The lowest BCUT2D eigenvalue weighted by atomic mass is 9.93. The summed E-state index contributed by atoms with van der Waals surface area (Å²) < 4.78 is 0. The number of carbonyl (C=O) groups is 1. The van der Waals surface area contributed by atoms with Crippen LogP contribution in [0.15, 0.2) is 30.7 Å². The fourth-order valence-corrected chi connectivity index (χ4v) is 4.33. The molecule has 2 fully saturated rings. The quantitative estimate of drug-likeness (QED) is 0.754. The van der Waals surface area contributed by atoms with Gasteiger partial charge in [0, 0.05) is 70.8 Å². The standard InChI is InChI=1S/C22H32N8O/c1-2-23-21-24-10-5-19(27-21)28-13-6-18(7-14-28)17-20(31)29-11-4-12-30(16-15-29)22-25-8-3-9-26-22/h3,5,8-10,18H,2,4,6-7,11-17H2,1H3,(H,23,24,27). The number of hydrogen-bond donors (Lipinski definition) is 1. The Bertz CT molecular complexity index is 840. The fraction of sp³-hybridized carbons (Fsp3) is 0.591. The van der Waals surface area contributed by atoms with E-state index in [9.17, 15) is 4.79 Å². The first-order valence-electron chi connectivity index (χ1n) is 11.3. The summed E-state index contributed by atoms with van der Waals surface area (Å²) in [5.41, 5.74) is 0. The van der Waals surface area contributed by atoms with E-state index in [1.165, 1.54) is 0 Å². The van der Waals surface area contributed by atoms with E-state index >= 15 is 0 Å². The lowest BCUT2D eigenvalue weighted by Gasteiger charge is -2.33. The molecule has 2 aromatic rings. The van der Waals surface area contributed by atoms with Gasteiger partial charge in [0.05, 0.1) is 0 Å². The highest BCUT2D eigenvalue weighted by Gasteiger charge is 2.26. The molecule has 0 atom stereocenters. The monoisotopic (exact) mass is 424 g/mol. The molecule has 0 aromatic carbocycles. The molecule has 0 unspecified atom stereocenters. The van der Waals surface area contributed by atoms with Crippen molar-refractivity contribution >= 4 is 23.6 Å². The molecule has 0 radical (unpaired) electrons. The van der Waals surface area contributed by atoms with Gasteiger partial charge in [0.1, 0.15) is 5.82 Å². The Labute approximate surface area is 183 Å². The van der Waals surface area contributed by atoms with E-state index in [1.54, 1.807) is 18.6 Å². The van der Waals surface area contributed by atoms with Gasteiger partial charge in [0.2, 0.25) is 17.8 Å². The zero-order valence-electron chi connectivity index (χ0n) is 18.3. The molecular formula is C22H32N8O. The maximum Gasteiger partial charge on any atom is 0.225 e. The first-order chi connectivity index (χ1) is 15.2. The summed E-state index contributed by atoms with van der Waals surface area (Å²) in [4.78, 5) is 37.0. The number of piperidine rings is 1. The third kappa shape index (κ3) is 5.59. The predicted octanol–water partition coefficient (Wildman–Crippen LogP) is 2.04. The van der Waals surface area contributed by atoms with Crippen LogP contribution in [0, 0.1) is 5.92 Å². The summed E-state index contributed by atoms with van der Waals surface area (Å²) in [5, 5.41) is 3.17. The number of carbonyl (C=O) groups excluding carboxylic acids is 1. The third-order valence-corrected chi connectivity index (χ3v) is 6.06. The molecule has 166 valence electrons. The second-order valence-electron chi connectivity index (χ2n) is 8.17. The Morgan fingerprint density at radius 2 is 1.81 bits per heavy atom. The molecule has 2 aliphatic rings. The van der Waals surface area contributed by atoms with Gasteiger partial charge in [-0.25, -0.2) is 15.0 Å². The van der Waals surface area contributed by atoms with Crippen LogP contribution in [-0.2, 0) is 4.79 Å². The highest BCUT2D eigenvalue weighted by molar-refractivity contribution is 5.76. The Hall–Kier alpha value is -2.97. The van der Waals surface area contributed by atoms with Gasteiger partial charge in [0.25, 0.3) is 0 Å². The third-order valence-electron chi connectivity index (χ3n) is 6.06. The van der Waals surface area contributed by atoms with Gasteiger partial charge < -0.3 is 20.0 Å². The molecule has 9 nitrogen and oxygen atoms in total. The average molecular weight is 425 g/mol. The van der Waals surface area contributed by atoms with Crippen molar-refractivity contribution in [3.8, 4) is 0 Å². The molecule has 4 rings (SSSR count). The summed E-state index contributed by atoms with van der Waals surface area (Å²) in [7, 11) is 0. The van der Waals surface area contributed by atoms with E-state index < -0.39 is 0 Å². The smallest absolute Gasteiger partial charge is 0.225 e. The molecule has 31 heavy (non-hydrogen) atoms. The number of hydrogen-bond acceptors (Lipinski definition) is 8. The number of nitrogens with one attached hydrogen (secondary N) is 1. The van der Waals surface area contributed by atoms with E-state index in [-0.39, 0.29) is 5.91 Å². The van der Waals surface area contributed by atoms with Crippen molar-refractivity contribution in [3.05, 3.63) is 30.7 Å². The van der Waals surface area contributed by atoms with Crippen LogP contribution in [-0.4, -0.2) is 76.6 Å². The summed E-state index contributed by atoms with van der Waals surface area (Å²) >= 11 is 0. The van der Waals surface area contributed by atoms with Crippen molar-refractivity contribution in [2.75, 3.05) is 60.9 Å². The zero-order chi connectivity index (χ0) is 21.5. The molecule has 0 saturated carbocycles. The fourth-order valence-electron chi connectivity index (χ4n) is 4.33. The second-order valence-corrected chi connectivity index (χ2v) is 8.17. The average Bonchev–Trinajstić information content (AvgIpc) is 3.07. The Kier molecular flexibility index (Phi) is 7.11. The molecule has 1 amide bonds. The van der Waals surface area contributed by atoms with Crippen LogP contribution >= 0.6 is 0 Å². The van der Waals surface area contributed by atoms with Crippen molar-refractivity contribution in [2.24, 2.45) is 5.92 Å². The minimum absolute atomic E-state index is 0.283. The minimum atomic E-state index is 0.283. The van der Waals surface area contributed by atoms with Gasteiger partial charge in [-0.1, -0.05) is 0 Å². The first kappa shape index (κ1) is 21.3. The maximum absolute atomic E-state index is 13.0. The van der Waals surface area contributed by atoms with Gasteiger partial charge in [-0.05, 0) is 44.2 Å². The summed E-state index contributed by atoms with van der Waals surface area (Å²) in [6, 6.07) is 3.79. The Balaban J connectivity index is 1.25. The summed E-state index contributed by atoms with van der Waals surface area (Å²) in [6.45, 7) is 7.94. The van der Waals surface area contributed by atoms with E-state index in [1.807, 2.05) is 24.0 Å². The normalized spacial score (nSPS) is 18.0. The van der Waals surface area contributed by atoms with Crippen LogP contribution < -0.4 is 15.1 Å². The Morgan fingerprint density at radius 3 is 2.58 bits per heavy atom. The van der Waals surface area contributed by atoms with Gasteiger partial charge in [-0.2, -0.15) is 4.98 Å². The lowest BCUT2D eigenvalue weighted by molar-refractivity contribution is -0.132. The van der Waals surface area contributed by atoms with Crippen molar-refractivity contribution in [3.63, 3.8) is 0 Å². The van der Waals surface area contributed by atoms with E-state index in [2.05, 4.69) is 35.1 Å². The van der Waals surface area contributed by atoms with Crippen molar-refractivity contribution in [1.82, 2.24) is 24.8 Å². The van der Waals surface area contributed by atoms with Gasteiger partial charge >= 0.3 is 0 Å². The molecule has 0 spiro atoms. The molecule has 2 aromatic heterocycles. The molecule has 9 heteroatoms. The topological polar surface area (TPSA) is 90.4 Å². The van der Waals surface area contributed by atoms with Gasteiger partial charge in [0.15, 0.2) is 0 Å². The van der Waals surface area contributed by atoms with Crippen molar-refractivity contribution < 1.29 is 4.79 Å². The van der Waals surface area contributed by atoms with Gasteiger partial charge in [-0.15, -0.1) is 0 Å². The van der Waals surface area contributed by atoms with Crippen LogP contribution in [0.1, 0.15) is 32.6 Å². The van der Waals surface area contributed by atoms with Crippen molar-refractivity contribution in [2.45, 2.75) is 32.6 Å². The van der Waals surface area contributed by atoms with Crippen LogP contribution in [0.25, 0.3) is 0 Å². The maximum atomic E-state index is 13.0. The molecule has 0 bridgehead atoms. The zero-order valence-corrected chi connectivity index (χ0v) is 18.3. The van der Waals surface area contributed by atoms with E-state index in [0.29, 0.717) is 18.3 Å². The minimum Gasteiger partial charge on any atom is -0.356 e. The van der Waals surface area contributed by atoms with Crippen LogP contribution in [0.5, 0.6) is 0 Å². The number of rotatable bonds is 6. The van der Waals surface area contributed by atoms with Gasteiger partial charge in [-0.3, -0.25) is 4.79 Å². The number of amides is 1. The second kappa shape index (κ2) is 10.4. The Morgan fingerprint density at radius 1 is 1.00 bits per heavy atom. The largest absolute Gasteiger partial charge is 0.356 e. The number of nitrogens with zero attached hydrogens (tertiary/aromatic N) is 7. The van der Waals surface area contributed by atoms with Crippen LogP contribution in [0.3, 0.4) is 0 Å². The van der Waals surface area contributed by atoms with E-state index in [4.69, 9.17) is 0 Å². The molecule has 2 aliphatic heterocycles. The molecule has 0 aliphatic carbocycles. The highest BCUT2D eigenvalue weighted by atomic mass is 16.2. The van der Waals surface area contributed by atoms with Crippen molar-refractivity contribution in [1.29, 1.82) is 0 Å². The molecule has 4 heterocycles. The van der Waals surface area contributed by atoms with Crippen LogP contribution in [0.2, 0.25) is 0 Å². The number of aromatic nitrogens is 4. The first-order valence-corrected chi connectivity index (χ1v) is 11.3. The molecule has 1 N–H and O–H groups in total. The highest BCUT2D eigenvalue weighted by Crippen LogP contribution is 2.25. The molecular weight excluding hydrogens is 392 g/mol. The predicted molar refractivity (Wildman–Crippen MR) is 121 cm³/mol.